The molecule has 1 fully saturated rings. The molecular formula is C17H25ClN6O3S. The number of hydrogen-bond donors (Lipinski definition) is 3. The van der Waals surface area contributed by atoms with Crippen molar-refractivity contribution in [3.63, 3.8) is 0 Å². The summed E-state index contributed by atoms with van der Waals surface area (Å²) in [6.45, 7) is 2.49. The number of rotatable bonds is 7. The molecule has 154 valence electrons. The number of H-pyrrole nitrogens is 1. The van der Waals surface area contributed by atoms with Crippen molar-refractivity contribution in [2.24, 2.45) is 5.73 Å². The van der Waals surface area contributed by atoms with Crippen LogP contribution >= 0.6 is 12.4 Å². The minimum absolute atomic E-state index is 0. The molecule has 11 heteroatoms. The highest BCUT2D eigenvalue weighted by atomic mass is 35.5. The number of nitrogens with zero attached hydrogens (tertiary/aromatic N) is 3. The fourth-order valence-corrected chi connectivity index (χ4v) is 4.90. The molecule has 1 aliphatic heterocycles. The molecule has 0 spiro atoms. The number of aromatic amines is 1. The van der Waals surface area contributed by atoms with Gasteiger partial charge in [-0.25, -0.2) is 13.4 Å². The van der Waals surface area contributed by atoms with Gasteiger partial charge in [0.25, 0.3) is 0 Å². The lowest BCUT2D eigenvalue weighted by molar-refractivity contribution is -0.119. The number of carbonyl (C=O) groups is 1. The van der Waals surface area contributed by atoms with Crippen LogP contribution in [-0.4, -0.2) is 52.2 Å². The first-order valence-corrected chi connectivity index (χ1v) is 10.6. The molecule has 9 nitrogen and oxygen atoms in total. The first-order valence-electron chi connectivity index (χ1n) is 8.96. The van der Waals surface area contributed by atoms with Crippen LogP contribution in [0.3, 0.4) is 0 Å². The number of sulfonamides is 1. The maximum atomic E-state index is 12.6. The summed E-state index contributed by atoms with van der Waals surface area (Å²) in [5.41, 5.74) is 6.90. The van der Waals surface area contributed by atoms with Gasteiger partial charge in [0.15, 0.2) is 5.82 Å². The van der Waals surface area contributed by atoms with Crippen molar-refractivity contribution in [1.82, 2.24) is 19.5 Å². The number of nitrogens with two attached hydrogens (primary N) is 1. The molecule has 1 aliphatic rings. The zero-order valence-corrected chi connectivity index (χ0v) is 17.2. The molecule has 3 rings (SSSR count). The van der Waals surface area contributed by atoms with Crippen LogP contribution in [0.4, 0.5) is 5.69 Å². The van der Waals surface area contributed by atoms with Crippen molar-refractivity contribution < 1.29 is 13.2 Å². The second kappa shape index (κ2) is 9.46. The average Bonchev–Trinajstić information content (AvgIpc) is 3.32. The molecule has 4 N–H and O–H groups in total. The first-order chi connectivity index (χ1) is 12.9. The maximum absolute atomic E-state index is 12.6. The Kier molecular flexibility index (Phi) is 7.53. The lowest BCUT2D eigenvalue weighted by atomic mass is 10.1. The van der Waals surface area contributed by atoms with Crippen LogP contribution in [0, 0.1) is 0 Å². The van der Waals surface area contributed by atoms with Gasteiger partial charge in [-0.2, -0.15) is 9.40 Å². The van der Waals surface area contributed by atoms with Crippen LogP contribution in [0.5, 0.6) is 0 Å². The van der Waals surface area contributed by atoms with Crippen molar-refractivity contribution in [1.29, 1.82) is 0 Å². The third-order valence-corrected chi connectivity index (χ3v) is 6.54. The topological polar surface area (TPSA) is 134 Å². The standard InChI is InChI=1S/C17H24N6O3S.ClH/c1-2-10-27(25,26)23-9-3-4-14(23)17(24)19-13-7-5-12(6-8-13)16-20-15(11-18)21-22-16;/h5-8,14H,2-4,9-11,18H2,1H3,(H,19,24)(H,20,21,22);1H. The molecule has 28 heavy (non-hydrogen) atoms. The molecule has 1 saturated heterocycles. The van der Waals surface area contributed by atoms with E-state index in [1.165, 1.54) is 4.31 Å². The average molecular weight is 429 g/mol. The van der Waals surface area contributed by atoms with Crippen LogP contribution in [0.1, 0.15) is 32.0 Å². The van der Waals surface area contributed by atoms with E-state index in [4.69, 9.17) is 5.73 Å². The Morgan fingerprint density at radius 3 is 2.68 bits per heavy atom. The van der Waals surface area contributed by atoms with Gasteiger partial charge in [-0.05, 0) is 43.5 Å². The van der Waals surface area contributed by atoms with E-state index in [2.05, 4.69) is 20.5 Å². The number of amides is 1. The second-order valence-corrected chi connectivity index (χ2v) is 8.50. The van der Waals surface area contributed by atoms with Gasteiger partial charge >= 0.3 is 0 Å². The highest BCUT2D eigenvalue weighted by molar-refractivity contribution is 7.89. The molecule has 1 aromatic carbocycles. The molecule has 2 aromatic rings. The van der Waals surface area contributed by atoms with E-state index in [1.54, 1.807) is 24.3 Å². The predicted molar refractivity (Wildman–Crippen MR) is 109 cm³/mol. The van der Waals surface area contributed by atoms with E-state index < -0.39 is 16.1 Å². The zero-order valence-electron chi connectivity index (χ0n) is 15.6. The first kappa shape index (κ1) is 22.3. The van der Waals surface area contributed by atoms with Crippen molar-refractivity contribution in [2.75, 3.05) is 17.6 Å². The molecule has 0 saturated carbocycles. The van der Waals surface area contributed by atoms with Crippen LogP contribution in [0.15, 0.2) is 24.3 Å². The summed E-state index contributed by atoms with van der Waals surface area (Å²) in [6.07, 6.45) is 1.75. The lowest BCUT2D eigenvalue weighted by Crippen LogP contribution is -2.44. The Balaban J connectivity index is 0.00000280. The largest absolute Gasteiger partial charge is 0.325 e. The Morgan fingerprint density at radius 1 is 1.36 bits per heavy atom. The Labute approximate surface area is 170 Å². The fourth-order valence-electron chi connectivity index (χ4n) is 3.15. The fraction of sp³-hybridized carbons (Fsp3) is 0.471. The Bertz CT molecular complexity index is 900. The highest BCUT2D eigenvalue weighted by Crippen LogP contribution is 2.24. The molecule has 0 aliphatic carbocycles. The molecule has 1 aromatic heterocycles. The van der Waals surface area contributed by atoms with E-state index in [9.17, 15) is 13.2 Å². The number of benzene rings is 1. The number of aromatic nitrogens is 3. The van der Waals surface area contributed by atoms with Gasteiger partial charge < -0.3 is 11.1 Å². The zero-order chi connectivity index (χ0) is 19.4. The minimum Gasteiger partial charge on any atom is -0.325 e. The summed E-state index contributed by atoms with van der Waals surface area (Å²) in [4.78, 5) is 16.9. The minimum atomic E-state index is -3.40. The monoisotopic (exact) mass is 428 g/mol. The predicted octanol–water partition coefficient (Wildman–Crippen LogP) is 1.49. The summed E-state index contributed by atoms with van der Waals surface area (Å²) in [5.74, 6) is 0.883. The van der Waals surface area contributed by atoms with Gasteiger partial charge in [0.1, 0.15) is 11.9 Å². The SMILES string of the molecule is CCCS(=O)(=O)N1CCCC1C(=O)Nc1ccc(-c2n[nH]c(CN)n2)cc1.Cl. The molecule has 0 bridgehead atoms. The molecule has 2 heterocycles. The maximum Gasteiger partial charge on any atom is 0.242 e. The summed E-state index contributed by atoms with van der Waals surface area (Å²) in [5, 5.41) is 9.65. The van der Waals surface area contributed by atoms with Gasteiger partial charge in [-0.15, -0.1) is 12.4 Å². The van der Waals surface area contributed by atoms with Gasteiger partial charge in [0.2, 0.25) is 15.9 Å². The number of carbonyl (C=O) groups excluding carboxylic acids is 1. The smallest absolute Gasteiger partial charge is 0.242 e. The summed E-state index contributed by atoms with van der Waals surface area (Å²) in [7, 11) is -3.40. The summed E-state index contributed by atoms with van der Waals surface area (Å²) >= 11 is 0. The molecule has 0 radical (unpaired) electrons. The van der Waals surface area contributed by atoms with Crippen molar-refractivity contribution in [3.05, 3.63) is 30.1 Å². The van der Waals surface area contributed by atoms with Crippen LogP contribution < -0.4 is 11.1 Å². The van der Waals surface area contributed by atoms with E-state index >= 15 is 0 Å². The number of anilines is 1. The Morgan fingerprint density at radius 2 is 2.07 bits per heavy atom. The van der Waals surface area contributed by atoms with E-state index in [0.29, 0.717) is 43.1 Å². The lowest BCUT2D eigenvalue weighted by Gasteiger charge is -2.23. The third-order valence-electron chi connectivity index (χ3n) is 4.46. The number of nitrogens with one attached hydrogen (secondary N) is 2. The third kappa shape index (κ3) is 4.88. The normalized spacial score (nSPS) is 17.3. The quantitative estimate of drug-likeness (QED) is 0.611. The Hall–Kier alpha value is -2.01. The number of hydrogen-bond acceptors (Lipinski definition) is 6. The van der Waals surface area contributed by atoms with Gasteiger partial charge in [0.05, 0.1) is 12.3 Å². The molecular weight excluding hydrogens is 404 g/mol. The molecule has 1 unspecified atom stereocenters. The van der Waals surface area contributed by atoms with Gasteiger partial charge in [-0.1, -0.05) is 6.92 Å². The van der Waals surface area contributed by atoms with E-state index in [1.807, 2.05) is 6.92 Å². The molecule has 1 amide bonds. The van der Waals surface area contributed by atoms with Crippen LogP contribution in [0.25, 0.3) is 11.4 Å². The summed E-state index contributed by atoms with van der Waals surface area (Å²) < 4.78 is 26.0. The van der Waals surface area contributed by atoms with Crippen molar-refractivity contribution in [2.45, 2.75) is 38.8 Å². The summed E-state index contributed by atoms with van der Waals surface area (Å²) in [6, 6.07) is 6.41. The van der Waals surface area contributed by atoms with E-state index in [-0.39, 0.29) is 30.6 Å². The molecule has 1 atom stereocenters. The van der Waals surface area contributed by atoms with Crippen LogP contribution in [-0.2, 0) is 21.4 Å². The van der Waals surface area contributed by atoms with E-state index in [0.717, 1.165) is 5.56 Å². The van der Waals surface area contributed by atoms with Gasteiger partial charge in [-0.3, -0.25) is 9.89 Å². The van der Waals surface area contributed by atoms with Crippen molar-refractivity contribution >= 4 is 34.0 Å². The van der Waals surface area contributed by atoms with Gasteiger partial charge in [0, 0.05) is 17.8 Å². The second-order valence-electron chi connectivity index (χ2n) is 6.46. The van der Waals surface area contributed by atoms with Crippen LogP contribution in [0.2, 0.25) is 0 Å². The van der Waals surface area contributed by atoms with Crippen molar-refractivity contribution in [3.8, 4) is 11.4 Å². The number of halogens is 1. The highest BCUT2D eigenvalue weighted by Gasteiger charge is 2.38.